The van der Waals surface area contributed by atoms with Crippen LogP contribution in [0.1, 0.15) is 6.92 Å². The Morgan fingerprint density at radius 3 is 2.57 bits per heavy atom. The minimum atomic E-state index is 0.904. The van der Waals surface area contributed by atoms with Gasteiger partial charge in [0.25, 0.3) is 0 Å². The van der Waals surface area contributed by atoms with Gasteiger partial charge in [0.15, 0.2) is 0 Å². The second-order valence-corrected chi connectivity index (χ2v) is 1.31. The molecule has 0 aliphatic rings. The van der Waals surface area contributed by atoms with E-state index in [1.165, 1.54) is 6.08 Å². The summed E-state index contributed by atoms with van der Waals surface area (Å²) in [5.41, 5.74) is 0.904. The van der Waals surface area contributed by atoms with Crippen molar-refractivity contribution in [3.8, 4) is 6.07 Å². The van der Waals surface area contributed by atoms with Crippen molar-refractivity contribution in [3.05, 3.63) is 24.3 Å². The Morgan fingerprint density at radius 1 is 1.86 bits per heavy atom. The summed E-state index contributed by atoms with van der Waals surface area (Å²) in [6.07, 6.45) is 3.07. The average Bonchev–Trinajstić information content (AvgIpc) is 1.61. The largest absolute Gasteiger partial charge is 0.193 e. The molecular weight excluding hydrogens is 86.1 g/mol. The van der Waals surface area contributed by atoms with E-state index in [2.05, 4.69) is 6.58 Å². The number of rotatable bonds is 1. The van der Waals surface area contributed by atoms with Crippen LogP contribution in [0.2, 0.25) is 0 Å². The summed E-state index contributed by atoms with van der Waals surface area (Å²) < 4.78 is 0. The van der Waals surface area contributed by atoms with Crippen LogP contribution < -0.4 is 0 Å². The maximum absolute atomic E-state index is 7.94. The number of hydrogen-bond acceptors (Lipinski definition) is 1. The Kier molecular flexibility index (Phi) is 2.70. The van der Waals surface area contributed by atoms with Crippen LogP contribution in [-0.2, 0) is 0 Å². The van der Waals surface area contributed by atoms with E-state index in [4.69, 9.17) is 5.26 Å². The highest BCUT2D eigenvalue weighted by atomic mass is 14.2. The zero-order chi connectivity index (χ0) is 5.70. The standard InChI is InChI=1S/C6H7N/c1-6(2)4-3-5-7/h3-4H,1H2,2H3/b4-3+. The number of nitriles is 1. The summed E-state index contributed by atoms with van der Waals surface area (Å²) in [7, 11) is 0. The summed E-state index contributed by atoms with van der Waals surface area (Å²) in [6.45, 7) is 5.40. The van der Waals surface area contributed by atoms with E-state index < -0.39 is 0 Å². The Hall–Kier alpha value is -1.03. The van der Waals surface area contributed by atoms with Gasteiger partial charge in [-0.05, 0) is 13.0 Å². The van der Waals surface area contributed by atoms with Gasteiger partial charge in [-0.3, -0.25) is 0 Å². The predicted octanol–water partition coefficient (Wildman–Crippen LogP) is 1.64. The average molecular weight is 93.1 g/mol. The van der Waals surface area contributed by atoms with Crippen LogP contribution in [0.15, 0.2) is 24.3 Å². The van der Waals surface area contributed by atoms with Crippen LogP contribution in [-0.4, -0.2) is 0 Å². The van der Waals surface area contributed by atoms with Crippen molar-refractivity contribution in [3.63, 3.8) is 0 Å². The quantitative estimate of drug-likeness (QED) is 0.357. The molecule has 0 aromatic carbocycles. The molecule has 0 bridgehead atoms. The molecule has 0 spiro atoms. The second kappa shape index (κ2) is 3.17. The summed E-state index contributed by atoms with van der Waals surface area (Å²) >= 11 is 0. The highest BCUT2D eigenvalue weighted by molar-refractivity contribution is 5.17. The molecule has 0 radical (unpaired) electrons. The molecule has 0 saturated heterocycles. The topological polar surface area (TPSA) is 23.8 Å². The van der Waals surface area contributed by atoms with E-state index in [1.807, 2.05) is 13.0 Å². The first-order valence-electron chi connectivity index (χ1n) is 1.99. The van der Waals surface area contributed by atoms with E-state index in [0.717, 1.165) is 5.57 Å². The molecular formula is C6H7N. The molecule has 0 atom stereocenters. The third-order valence-electron chi connectivity index (χ3n) is 0.442. The second-order valence-electron chi connectivity index (χ2n) is 1.31. The van der Waals surface area contributed by atoms with Crippen LogP contribution in [0.25, 0.3) is 0 Å². The van der Waals surface area contributed by atoms with Gasteiger partial charge in [0.2, 0.25) is 0 Å². The van der Waals surface area contributed by atoms with Crippen LogP contribution in [0, 0.1) is 11.3 Å². The molecule has 0 aromatic rings. The molecule has 0 heterocycles. The fourth-order valence-electron chi connectivity index (χ4n) is 0.180. The number of nitrogens with zero attached hydrogens (tertiary/aromatic N) is 1. The molecule has 36 valence electrons. The third-order valence-corrected chi connectivity index (χ3v) is 0.442. The normalized spacial score (nSPS) is 8.57. The Balaban J connectivity index is 3.53. The predicted molar refractivity (Wildman–Crippen MR) is 29.6 cm³/mol. The monoisotopic (exact) mass is 93.1 g/mol. The van der Waals surface area contributed by atoms with Gasteiger partial charge in [-0.15, -0.1) is 0 Å². The van der Waals surface area contributed by atoms with Gasteiger partial charge in [0, 0.05) is 6.08 Å². The summed E-state index contributed by atoms with van der Waals surface area (Å²) in [5.74, 6) is 0. The van der Waals surface area contributed by atoms with Crippen LogP contribution in [0.3, 0.4) is 0 Å². The van der Waals surface area contributed by atoms with Gasteiger partial charge in [0.1, 0.15) is 0 Å². The summed E-state index contributed by atoms with van der Waals surface area (Å²) in [6, 6.07) is 1.86. The van der Waals surface area contributed by atoms with E-state index in [-0.39, 0.29) is 0 Å². The van der Waals surface area contributed by atoms with Crippen molar-refractivity contribution >= 4 is 0 Å². The smallest absolute Gasteiger partial charge is 0.0912 e. The highest BCUT2D eigenvalue weighted by Crippen LogP contribution is 1.85. The molecule has 0 aliphatic heterocycles. The molecule has 0 aliphatic carbocycles. The summed E-state index contributed by atoms with van der Waals surface area (Å²) in [5, 5.41) is 7.94. The van der Waals surface area contributed by atoms with Crippen LogP contribution in [0.5, 0.6) is 0 Å². The molecule has 1 nitrogen and oxygen atoms in total. The van der Waals surface area contributed by atoms with E-state index in [1.54, 1.807) is 6.08 Å². The first-order chi connectivity index (χ1) is 3.27. The van der Waals surface area contributed by atoms with Gasteiger partial charge in [-0.2, -0.15) is 5.26 Å². The Labute approximate surface area is 43.6 Å². The number of allylic oxidation sites excluding steroid dienone is 3. The maximum Gasteiger partial charge on any atom is 0.0912 e. The molecule has 7 heavy (non-hydrogen) atoms. The Bertz CT molecular complexity index is 126. The fourth-order valence-corrected chi connectivity index (χ4v) is 0.180. The minimum Gasteiger partial charge on any atom is -0.193 e. The third kappa shape index (κ3) is 4.97. The lowest BCUT2D eigenvalue weighted by Gasteiger charge is -1.74. The molecule has 0 saturated carbocycles. The van der Waals surface area contributed by atoms with E-state index >= 15 is 0 Å². The van der Waals surface area contributed by atoms with Gasteiger partial charge in [-0.1, -0.05) is 12.2 Å². The van der Waals surface area contributed by atoms with Crippen LogP contribution >= 0.6 is 0 Å². The molecule has 0 unspecified atom stereocenters. The fraction of sp³-hybridized carbons (Fsp3) is 0.167. The molecule has 0 rings (SSSR count). The first kappa shape index (κ1) is 5.97. The zero-order valence-electron chi connectivity index (χ0n) is 4.31. The molecule has 0 amide bonds. The molecule has 1 heteroatoms. The van der Waals surface area contributed by atoms with Crippen LogP contribution in [0.4, 0.5) is 0 Å². The highest BCUT2D eigenvalue weighted by Gasteiger charge is 1.67. The van der Waals surface area contributed by atoms with Crippen molar-refractivity contribution in [2.24, 2.45) is 0 Å². The van der Waals surface area contributed by atoms with E-state index in [0.29, 0.717) is 0 Å². The Morgan fingerprint density at radius 2 is 2.43 bits per heavy atom. The lowest BCUT2D eigenvalue weighted by molar-refractivity contribution is 1.51. The maximum atomic E-state index is 7.94. The van der Waals surface area contributed by atoms with Gasteiger partial charge in [-0.25, -0.2) is 0 Å². The number of hydrogen-bond donors (Lipinski definition) is 0. The van der Waals surface area contributed by atoms with Gasteiger partial charge < -0.3 is 0 Å². The van der Waals surface area contributed by atoms with Crippen molar-refractivity contribution in [2.45, 2.75) is 6.92 Å². The van der Waals surface area contributed by atoms with Gasteiger partial charge >= 0.3 is 0 Å². The lowest BCUT2D eigenvalue weighted by Crippen LogP contribution is -1.56. The van der Waals surface area contributed by atoms with Crippen molar-refractivity contribution in [1.82, 2.24) is 0 Å². The summed E-state index contributed by atoms with van der Waals surface area (Å²) in [4.78, 5) is 0. The van der Waals surface area contributed by atoms with Crippen molar-refractivity contribution < 1.29 is 0 Å². The van der Waals surface area contributed by atoms with Gasteiger partial charge in [0.05, 0.1) is 6.07 Å². The molecule has 0 aromatic heterocycles. The lowest BCUT2D eigenvalue weighted by atomic mass is 10.3. The first-order valence-corrected chi connectivity index (χ1v) is 1.99. The van der Waals surface area contributed by atoms with Crippen molar-refractivity contribution in [2.75, 3.05) is 0 Å². The SMILES string of the molecule is C=C(C)/C=C/C#N. The van der Waals surface area contributed by atoms with Crippen molar-refractivity contribution in [1.29, 1.82) is 5.26 Å². The zero-order valence-corrected chi connectivity index (χ0v) is 4.31. The minimum absolute atomic E-state index is 0.904. The molecule has 0 N–H and O–H groups in total. The molecule has 0 fully saturated rings. The van der Waals surface area contributed by atoms with E-state index in [9.17, 15) is 0 Å².